The number of carbonyl (C=O) groups is 6. The number of fused-ring (bicyclic) bond motifs is 7. The number of aliphatic hydroxyl groups excluding tert-OH is 2. The van der Waals surface area contributed by atoms with Gasteiger partial charge in [0.1, 0.15) is 29.5 Å². The highest BCUT2D eigenvalue weighted by Crippen LogP contribution is 2.66. The van der Waals surface area contributed by atoms with Crippen LogP contribution in [-0.4, -0.2) is 184 Å². The van der Waals surface area contributed by atoms with Crippen LogP contribution in [0.1, 0.15) is 336 Å². The van der Waals surface area contributed by atoms with Crippen molar-refractivity contribution in [3.63, 3.8) is 0 Å². The number of methoxy groups -OCH3 is 1. The van der Waals surface area contributed by atoms with Gasteiger partial charge in [0.25, 0.3) is 5.60 Å². The summed E-state index contributed by atoms with van der Waals surface area (Å²) < 4.78 is 108. The molecule has 0 saturated heterocycles. The third-order valence-corrected chi connectivity index (χ3v) is 30.5. The summed E-state index contributed by atoms with van der Waals surface area (Å²) in [7, 11) is 2.42. The molecule has 0 aliphatic heterocycles. The van der Waals surface area contributed by atoms with Crippen molar-refractivity contribution in [1.82, 2.24) is 0 Å². The summed E-state index contributed by atoms with van der Waals surface area (Å²) in [6.07, 6.45) is 12.7. The lowest BCUT2D eigenvalue weighted by Crippen LogP contribution is -2.72. The van der Waals surface area contributed by atoms with Crippen molar-refractivity contribution in [3.05, 3.63) is 0 Å². The van der Waals surface area contributed by atoms with E-state index in [-0.39, 0.29) is 114 Å². The van der Waals surface area contributed by atoms with Gasteiger partial charge in [-0.15, -0.1) is 0 Å². The van der Waals surface area contributed by atoms with Crippen LogP contribution in [0, 0.1) is 92.2 Å². The van der Waals surface area contributed by atoms with E-state index in [0.717, 1.165) is 115 Å². The van der Waals surface area contributed by atoms with E-state index in [1.165, 1.54) is 39.2 Å². The van der Waals surface area contributed by atoms with Gasteiger partial charge in [0.15, 0.2) is 0 Å². The van der Waals surface area contributed by atoms with Crippen LogP contribution < -0.4 is 0 Å². The number of hydrogen-bond acceptors (Lipinski definition) is 21. The van der Waals surface area contributed by atoms with E-state index in [2.05, 4.69) is 16.4 Å². The zero-order chi connectivity index (χ0) is 88.6. The van der Waals surface area contributed by atoms with Crippen molar-refractivity contribution >= 4 is 35.8 Å². The van der Waals surface area contributed by atoms with E-state index in [1.807, 2.05) is 104 Å². The predicted molar refractivity (Wildman–Crippen MR) is 425 cm³/mol. The summed E-state index contributed by atoms with van der Waals surface area (Å²) in [5.41, 5.74) is -14.3. The van der Waals surface area contributed by atoms with Gasteiger partial charge < -0.3 is 74.4 Å². The van der Waals surface area contributed by atoms with Crippen LogP contribution in [0.2, 0.25) is 0 Å². The zero-order valence-electron chi connectivity index (χ0n) is 74.1. The van der Waals surface area contributed by atoms with Gasteiger partial charge in [-0.2, -0.15) is 26.3 Å². The zero-order valence-corrected chi connectivity index (χ0v) is 74.1. The van der Waals surface area contributed by atoms with Crippen molar-refractivity contribution < 1.29 is 129 Å². The normalized spacial score (nSPS) is 37.4. The molecule has 17 aliphatic carbocycles. The number of hydrogen-bond donors (Lipinski definition) is 9. The highest BCUT2D eigenvalue weighted by molar-refractivity contribution is 5.78. The van der Waals surface area contributed by atoms with Crippen LogP contribution in [0.5, 0.6) is 0 Å². The van der Waals surface area contributed by atoms with Gasteiger partial charge in [0, 0.05) is 71.3 Å². The summed E-state index contributed by atoms with van der Waals surface area (Å²) in [4.78, 5) is 71.1. The molecule has 17 aliphatic rings. The number of aliphatic hydroxyl groups is 9. The molecular formula is C90H150F6O21. The molecular weight excluding hydrogens is 1530 g/mol. The second-order valence-electron chi connectivity index (χ2n) is 42.6. The number of halogens is 6. The van der Waals surface area contributed by atoms with E-state index in [9.17, 15) is 85.7 Å². The Hall–Kier alpha value is -3.96. The smallest absolute Gasteiger partial charge is 0.426 e. The summed E-state index contributed by atoms with van der Waals surface area (Å²) in [6, 6.07) is 0. The molecule has 117 heavy (non-hydrogen) atoms. The maximum absolute atomic E-state index is 12.5. The first-order chi connectivity index (χ1) is 53.6. The summed E-state index contributed by atoms with van der Waals surface area (Å²) >= 11 is 0. The molecule has 0 spiro atoms. The maximum atomic E-state index is 12.5. The molecule has 13 unspecified atom stereocenters. The fourth-order valence-electron chi connectivity index (χ4n) is 23.4. The Bertz CT molecular complexity index is 3280. The van der Waals surface area contributed by atoms with Crippen LogP contribution in [0.25, 0.3) is 0 Å². The molecule has 0 amide bonds. The number of ether oxygens (including phenoxy) is 6. The Labute approximate surface area is 692 Å². The van der Waals surface area contributed by atoms with E-state index >= 15 is 0 Å². The maximum Gasteiger partial charge on any atom is 0.426 e. The third kappa shape index (κ3) is 23.4. The van der Waals surface area contributed by atoms with Crippen LogP contribution in [0.15, 0.2) is 0 Å². The Morgan fingerprint density at radius 3 is 1.20 bits per heavy atom. The highest BCUT2D eigenvalue weighted by atomic mass is 19.4. The van der Waals surface area contributed by atoms with E-state index in [0.29, 0.717) is 88.4 Å². The summed E-state index contributed by atoms with van der Waals surface area (Å²) in [6.45, 7) is 32.8. The van der Waals surface area contributed by atoms with Crippen LogP contribution in [0.4, 0.5) is 26.3 Å². The number of carbonyl (C=O) groups excluding carboxylic acids is 6. The van der Waals surface area contributed by atoms with Crippen molar-refractivity contribution in [3.8, 4) is 0 Å². The fraction of sp³-hybridized carbons (Fsp3) is 0.933. The van der Waals surface area contributed by atoms with Gasteiger partial charge in [-0.3, -0.25) is 28.8 Å². The van der Waals surface area contributed by atoms with Crippen LogP contribution in [0.3, 0.4) is 0 Å². The predicted octanol–water partition coefficient (Wildman–Crippen LogP) is 15.7. The SMILES string of the molecule is CCC(C)(C)C(=O)OC.CCC(C)(C)C(=O)OC12CC3(O)CC(O)(CC(O)(C3)C1)C2.CCC(C)(C)C(=O)OC12CC3CC(CC(O)(C3)C1)C2.CCC(C)(C)C(=O)OC12CC3CC(O)(CC(O)(C3)C1)C2.CCC(C)(C)C(=O)OC1CC2CC1C1CCCC21.CCC(C)C(=O)OCCO.CO.OC(CC1CC2CCC1C2)(C(F)(F)F)C(F)(F)F. The van der Waals surface area contributed by atoms with E-state index < -0.39 is 91.3 Å². The summed E-state index contributed by atoms with van der Waals surface area (Å²) in [5, 5.41) is 88.4. The Morgan fingerprint density at radius 2 is 0.812 bits per heavy atom. The number of alkyl halides is 6. The first kappa shape index (κ1) is 100. The number of esters is 6. The molecule has 0 aromatic carbocycles. The van der Waals surface area contributed by atoms with Gasteiger partial charge in [-0.25, -0.2) is 0 Å². The molecule has 16 bridgehead atoms. The highest BCUT2D eigenvalue weighted by Gasteiger charge is 2.73. The lowest BCUT2D eigenvalue weighted by atomic mass is 9.48. The Kier molecular flexibility index (Phi) is 31.4. The molecule has 27 heteroatoms. The molecule has 9 N–H and O–H groups in total. The Morgan fingerprint density at radius 1 is 0.419 bits per heavy atom. The van der Waals surface area contributed by atoms with Gasteiger partial charge >= 0.3 is 48.2 Å². The third-order valence-electron chi connectivity index (χ3n) is 30.5. The second-order valence-corrected chi connectivity index (χ2v) is 42.6. The van der Waals surface area contributed by atoms with Gasteiger partial charge in [-0.1, -0.05) is 61.3 Å². The van der Waals surface area contributed by atoms with Crippen molar-refractivity contribution in [2.45, 2.75) is 410 Å². The average molecular weight is 1680 g/mol. The molecule has 17 rings (SSSR count). The van der Waals surface area contributed by atoms with Crippen LogP contribution >= 0.6 is 0 Å². The summed E-state index contributed by atoms with van der Waals surface area (Å²) in [5.74, 6) is 3.31. The molecule has 17 fully saturated rings. The number of rotatable bonds is 20. The average Bonchev–Trinajstić information content (AvgIpc) is 1.01. The largest absolute Gasteiger partial charge is 0.469 e. The first-order valence-electron chi connectivity index (χ1n) is 44.0. The van der Waals surface area contributed by atoms with Crippen molar-refractivity contribution in [1.29, 1.82) is 0 Å². The minimum Gasteiger partial charge on any atom is -0.469 e. The first-order valence-corrected chi connectivity index (χ1v) is 44.0. The van der Waals surface area contributed by atoms with E-state index in [4.69, 9.17) is 34.3 Å². The lowest BCUT2D eigenvalue weighted by molar-refractivity contribution is -0.373. The lowest BCUT2D eigenvalue weighted by Gasteiger charge is -2.65. The monoisotopic (exact) mass is 1680 g/mol. The van der Waals surface area contributed by atoms with Crippen LogP contribution in [-0.2, 0) is 57.2 Å². The molecule has 21 nitrogen and oxygen atoms in total. The Balaban J connectivity index is 0.000000191. The van der Waals surface area contributed by atoms with Gasteiger partial charge in [0.2, 0.25) is 0 Å². The quantitative estimate of drug-likeness (QED) is 0.0311. The topological polar surface area (TPSA) is 340 Å². The van der Waals surface area contributed by atoms with E-state index in [1.54, 1.807) is 6.92 Å². The van der Waals surface area contributed by atoms with Gasteiger partial charge in [-0.05, 0) is 270 Å². The van der Waals surface area contributed by atoms with Crippen molar-refractivity contribution in [2.24, 2.45) is 92.2 Å². The fourth-order valence-corrected chi connectivity index (χ4v) is 23.4. The molecule has 0 radical (unpaired) electrons. The standard InChI is InChI=1S/C16H26O5.C16H26O4.C16H26O3.C16H26O2.C11H14F6O.C7H14O3.C7H14O2.CH4O/c1-4-12(2,3)11(17)21-16-8-13(18)5-14(19,9-16)7-15(20,6-13)10-16;1-4-13(2,3)12(17)20-16-7-11-5-14(18,9-16)8-15(19,6-11)10-16;1-4-14(2,3)13(17)19-16-8-11-5-12(9-16)7-15(18,6-11)10-16;1-4-16(2,3)15(17)18-14-9-10-8-13(14)12-7-5-6-11(10)12;12-10(13,14)9(18,11(15,16)17)5-8-4-6-1-2-7(8)3-6;1-3-6(2)7(9)10-5-4-8;1-5-7(2,3)6(8)9-4;1-2/h18-20H,4-10H2,1-3H3;11,18-19H,4-10H2,1-3H3;11-12,18H,4-10H2,1-3H3;10-14H,4-9H2,1-3H3;6-8,18H,1-5H2;6,8H,3-5H2,1-2H3;5H2,1-4H3;2H,1H3. The molecule has 0 aromatic heterocycles. The molecule has 13 atom stereocenters. The van der Waals surface area contributed by atoms with Crippen molar-refractivity contribution in [2.75, 3.05) is 27.4 Å². The second kappa shape index (κ2) is 36.7. The van der Waals surface area contributed by atoms with Gasteiger partial charge in [0.05, 0.1) is 80.3 Å². The minimum absolute atomic E-state index is 0.0251. The molecule has 0 heterocycles. The minimum atomic E-state index is -5.67. The molecule has 0 aromatic rings. The molecule has 17 saturated carbocycles. The molecule has 678 valence electrons.